The topological polar surface area (TPSA) is 83.1 Å². The maximum Gasteiger partial charge on any atom is 0.180 e. The smallest absolute Gasteiger partial charge is 0.180 e. The minimum Gasteiger partial charge on any atom is -0.282 e. The van der Waals surface area contributed by atoms with Crippen LogP contribution in [0.1, 0.15) is 63.1 Å². The minimum absolute atomic E-state index is 0.370. The van der Waals surface area contributed by atoms with Gasteiger partial charge in [0.2, 0.25) is 0 Å². The molecule has 2 N–H and O–H groups in total. The average molecular weight is 352 g/mol. The lowest BCUT2D eigenvalue weighted by atomic mass is 9.95. The first-order chi connectivity index (χ1) is 12.4. The maximum absolute atomic E-state index is 4.78. The van der Waals surface area contributed by atoms with Gasteiger partial charge in [-0.25, -0.2) is 9.97 Å². The van der Waals surface area contributed by atoms with E-state index in [2.05, 4.69) is 66.9 Å². The zero-order valence-corrected chi connectivity index (χ0v) is 16.5. The monoisotopic (exact) mass is 352 g/mol. The number of aryl methyl sites for hydroxylation is 1. The summed E-state index contributed by atoms with van der Waals surface area (Å²) in [6.45, 7) is 13.0. The van der Waals surface area contributed by atoms with Crippen LogP contribution >= 0.6 is 0 Å². The Labute approximate surface area is 154 Å². The molecule has 3 aromatic heterocycles. The molecule has 26 heavy (non-hydrogen) atoms. The van der Waals surface area contributed by atoms with Crippen LogP contribution < -0.4 is 0 Å². The van der Waals surface area contributed by atoms with E-state index in [1.54, 1.807) is 6.20 Å². The average Bonchev–Trinajstić information content (AvgIpc) is 3.18. The Hall–Kier alpha value is -2.50. The maximum atomic E-state index is 4.78. The Balaban J connectivity index is 2.06. The van der Waals surface area contributed by atoms with Crippen molar-refractivity contribution in [2.45, 2.75) is 60.3 Å². The largest absolute Gasteiger partial charge is 0.282 e. The van der Waals surface area contributed by atoms with Crippen LogP contribution in [0.2, 0.25) is 0 Å². The molecule has 6 heteroatoms. The van der Waals surface area contributed by atoms with Gasteiger partial charge in [-0.15, -0.1) is 0 Å². The fourth-order valence-corrected chi connectivity index (χ4v) is 3.37. The first kappa shape index (κ1) is 18.3. The molecule has 6 nitrogen and oxygen atoms in total. The third kappa shape index (κ3) is 3.41. The van der Waals surface area contributed by atoms with Gasteiger partial charge in [0.05, 0.1) is 5.69 Å². The highest BCUT2D eigenvalue weighted by atomic mass is 15.2. The summed E-state index contributed by atoms with van der Waals surface area (Å²) in [7, 11) is 0. The molecule has 0 amide bonds. The van der Waals surface area contributed by atoms with E-state index in [1.807, 2.05) is 6.07 Å². The van der Waals surface area contributed by atoms with Crippen LogP contribution in [0.3, 0.4) is 0 Å². The number of nitrogens with zero attached hydrogens (tertiary/aromatic N) is 4. The van der Waals surface area contributed by atoms with Crippen LogP contribution in [0.5, 0.6) is 0 Å². The lowest BCUT2D eigenvalue weighted by Crippen LogP contribution is -2.01. The second-order valence-electron chi connectivity index (χ2n) is 7.51. The van der Waals surface area contributed by atoms with E-state index in [4.69, 9.17) is 4.98 Å². The molecule has 138 valence electrons. The predicted molar refractivity (Wildman–Crippen MR) is 104 cm³/mol. The van der Waals surface area contributed by atoms with E-state index in [-0.39, 0.29) is 0 Å². The molecule has 0 atom stereocenters. The van der Waals surface area contributed by atoms with Crippen molar-refractivity contribution in [3.8, 4) is 22.9 Å². The van der Waals surface area contributed by atoms with Crippen molar-refractivity contribution in [2.24, 2.45) is 5.92 Å². The van der Waals surface area contributed by atoms with Crippen molar-refractivity contribution in [3.63, 3.8) is 0 Å². The van der Waals surface area contributed by atoms with Crippen molar-refractivity contribution in [1.82, 2.24) is 30.4 Å². The van der Waals surface area contributed by atoms with Crippen molar-refractivity contribution in [3.05, 3.63) is 34.8 Å². The van der Waals surface area contributed by atoms with E-state index < -0.39 is 0 Å². The van der Waals surface area contributed by atoms with Gasteiger partial charge in [-0.2, -0.15) is 10.2 Å². The minimum atomic E-state index is 0.370. The van der Waals surface area contributed by atoms with E-state index in [0.717, 1.165) is 41.2 Å². The van der Waals surface area contributed by atoms with E-state index in [0.29, 0.717) is 17.7 Å². The van der Waals surface area contributed by atoms with Gasteiger partial charge in [-0.05, 0) is 37.7 Å². The van der Waals surface area contributed by atoms with E-state index >= 15 is 0 Å². The summed E-state index contributed by atoms with van der Waals surface area (Å²) in [6, 6.07) is 1.92. The summed E-state index contributed by atoms with van der Waals surface area (Å²) in [4.78, 5) is 9.22. The Morgan fingerprint density at radius 2 is 1.69 bits per heavy atom. The summed E-state index contributed by atoms with van der Waals surface area (Å²) < 4.78 is 0. The number of H-pyrrole nitrogens is 2. The molecule has 0 aliphatic heterocycles. The van der Waals surface area contributed by atoms with E-state index in [9.17, 15) is 0 Å². The van der Waals surface area contributed by atoms with Crippen molar-refractivity contribution >= 4 is 0 Å². The summed E-state index contributed by atoms with van der Waals surface area (Å²) in [5.41, 5.74) is 7.25. The summed E-state index contributed by atoms with van der Waals surface area (Å²) in [5.74, 6) is 1.58. The van der Waals surface area contributed by atoms with Crippen LogP contribution in [-0.4, -0.2) is 30.4 Å². The number of hydrogen-bond acceptors (Lipinski definition) is 4. The van der Waals surface area contributed by atoms with Crippen molar-refractivity contribution in [1.29, 1.82) is 0 Å². The molecule has 0 aliphatic carbocycles. The normalized spacial score (nSPS) is 11.7. The molecule has 0 bridgehead atoms. The zero-order valence-electron chi connectivity index (χ0n) is 16.5. The Morgan fingerprint density at radius 3 is 2.31 bits per heavy atom. The van der Waals surface area contributed by atoms with Gasteiger partial charge in [0.1, 0.15) is 11.4 Å². The molecule has 0 spiro atoms. The zero-order chi connectivity index (χ0) is 18.8. The molecule has 0 unspecified atom stereocenters. The lowest BCUT2D eigenvalue weighted by molar-refractivity contribution is 0.626. The van der Waals surface area contributed by atoms with Gasteiger partial charge in [0.15, 0.2) is 5.82 Å². The summed E-state index contributed by atoms with van der Waals surface area (Å²) >= 11 is 0. The second-order valence-corrected chi connectivity index (χ2v) is 7.51. The number of hydrogen-bond donors (Lipinski definition) is 2. The molecule has 0 aromatic carbocycles. The Morgan fingerprint density at radius 1 is 1.00 bits per heavy atom. The molecular formula is C20H28N6. The molecule has 3 heterocycles. The highest BCUT2D eigenvalue weighted by Gasteiger charge is 2.20. The summed E-state index contributed by atoms with van der Waals surface area (Å²) in [6.07, 6.45) is 3.68. The SMILES string of the molecule is CCc1[nH]nc(-c2nccc(-c3n[nH]c(CC(C)C)c3C(C)C)n2)c1C. The van der Waals surface area contributed by atoms with Gasteiger partial charge in [-0.1, -0.05) is 34.6 Å². The Kier molecular flexibility index (Phi) is 5.20. The lowest BCUT2D eigenvalue weighted by Gasteiger charge is -2.11. The molecule has 0 fully saturated rings. The highest BCUT2D eigenvalue weighted by molar-refractivity contribution is 5.64. The van der Waals surface area contributed by atoms with Gasteiger partial charge >= 0.3 is 0 Å². The van der Waals surface area contributed by atoms with Crippen molar-refractivity contribution in [2.75, 3.05) is 0 Å². The van der Waals surface area contributed by atoms with Gasteiger partial charge in [-0.3, -0.25) is 10.2 Å². The summed E-state index contributed by atoms with van der Waals surface area (Å²) in [5, 5.41) is 15.3. The predicted octanol–water partition coefficient (Wildman–Crippen LogP) is 4.45. The first-order valence-electron chi connectivity index (χ1n) is 9.37. The second kappa shape index (κ2) is 7.40. The van der Waals surface area contributed by atoms with Crippen LogP contribution in [0, 0.1) is 12.8 Å². The van der Waals surface area contributed by atoms with Crippen LogP contribution in [-0.2, 0) is 12.8 Å². The third-order valence-corrected chi connectivity index (χ3v) is 4.65. The van der Waals surface area contributed by atoms with Crippen LogP contribution in [0.25, 0.3) is 22.9 Å². The quantitative estimate of drug-likeness (QED) is 0.686. The number of aromatic nitrogens is 6. The molecule has 0 saturated heterocycles. The van der Waals surface area contributed by atoms with Gasteiger partial charge in [0, 0.05) is 28.7 Å². The number of aromatic amines is 2. The molecular weight excluding hydrogens is 324 g/mol. The van der Waals surface area contributed by atoms with Gasteiger partial charge < -0.3 is 0 Å². The Bertz CT molecular complexity index is 888. The van der Waals surface area contributed by atoms with Gasteiger partial charge in [0.25, 0.3) is 0 Å². The standard InChI is InChI=1S/C20H28N6/c1-7-14-13(6)18(25-23-14)20-21-9-8-15(22-20)19-17(12(4)5)16(24-26-19)10-11(2)3/h8-9,11-12H,7,10H2,1-6H3,(H,23,25)(H,24,26). The third-order valence-electron chi connectivity index (χ3n) is 4.65. The van der Waals surface area contributed by atoms with E-state index in [1.165, 1.54) is 11.3 Å². The number of nitrogens with one attached hydrogen (secondary N) is 2. The fourth-order valence-electron chi connectivity index (χ4n) is 3.37. The first-order valence-corrected chi connectivity index (χ1v) is 9.37. The fraction of sp³-hybridized carbons (Fsp3) is 0.500. The molecule has 0 aliphatic rings. The number of rotatable bonds is 6. The molecule has 0 radical (unpaired) electrons. The molecule has 3 rings (SSSR count). The van der Waals surface area contributed by atoms with Crippen LogP contribution in [0.4, 0.5) is 0 Å². The van der Waals surface area contributed by atoms with Crippen LogP contribution in [0.15, 0.2) is 12.3 Å². The molecule has 0 saturated carbocycles. The highest BCUT2D eigenvalue weighted by Crippen LogP contribution is 2.31. The van der Waals surface area contributed by atoms with Crippen molar-refractivity contribution < 1.29 is 0 Å². The molecule has 3 aromatic rings.